The Bertz CT molecular complexity index is 555. The fourth-order valence-electron chi connectivity index (χ4n) is 2.62. The van der Waals surface area contributed by atoms with Crippen LogP contribution in [0.1, 0.15) is 53.4 Å². The van der Waals surface area contributed by atoms with Crippen molar-refractivity contribution >= 4 is 23.7 Å². The first-order valence-corrected chi connectivity index (χ1v) is 10.1. The normalized spacial score (nSPS) is 15.1. The molecule has 29 heavy (non-hydrogen) atoms. The van der Waals surface area contributed by atoms with Gasteiger partial charge in [-0.25, -0.2) is 4.79 Å². The van der Waals surface area contributed by atoms with Crippen LogP contribution in [0.4, 0.5) is 0 Å². The molecule has 0 aromatic carbocycles. The Morgan fingerprint density at radius 3 is 2.07 bits per heavy atom. The van der Waals surface area contributed by atoms with Crippen molar-refractivity contribution in [1.82, 2.24) is 16.0 Å². The van der Waals surface area contributed by atoms with Gasteiger partial charge in [-0.1, -0.05) is 40.5 Å². The molecule has 10 heteroatoms. The monoisotopic (exact) mass is 415 g/mol. The Balaban J connectivity index is 4.82. The highest BCUT2D eigenvalue weighted by atomic mass is 16.4. The van der Waals surface area contributed by atoms with E-state index >= 15 is 0 Å². The van der Waals surface area contributed by atoms with Crippen LogP contribution >= 0.6 is 0 Å². The predicted molar refractivity (Wildman–Crippen MR) is 110 cm³/mol. The lowest BCUT2D eigenvalue weighted by Gasteiger charge is -2.25. The second-order valence-electron chi connectivity index (χ2n) is 7.61. The Hall–Kier alpha value is -2.20. The summed E-state index contributed by atoms with van der Waals surface area (Å²) in [6.45, 7) is 7.16. The maximum Gasteiger partial charge on any atom is 0.326 e. The van der Waals surface area contributed by atoms with Crippen LogP contribution in [-0.2, 0) is 19.2 Å². The molecular formula is C19H37N5O5. The topological polar surface area (TPSA) is 177 Å². The van der Waals surface area contributed by atoms with Crippen molar-refractivity contribution in [1.29, 1.82) is 0 Å². The second-order valence-corrected chi connectivity index (χ2v) is 7.61. The summed E-state index contributed by atoms with van der Waals surface area (Å²) in [7, 11) is 0. The average molecular weight is 416 g/mol. The van der Waals surface area contributed by atoms with Crippen LogP contribution in [0.5, 0.6) is 0 Å². The van der Waals surface area contributed by atoms with E-state index in [-0.39, 0.29) is 18.4 Å². The number of carboxylic acid groups (broad SMARTS) is 1. The molecule has 0 aliphatic heterocycles. The third-order valence-corrected chi connectivity index (χ3v) is 4.77. The average Bonchev–Trinajstić information content (AvgIpc) is 2.66. The van der Waals surface area contributed by atoms with E-state index in [1.807, 2.05) is 13.8 Å². The van der Waals surface area contributed by atoms with E-state index in [0.717, 1.165) is 6.42 Å². The van der Waals surface area contributed by atoms with Crippen molar-refractivity contribution in [3.05, 3.63) is 0 Å². The van der Waals surface area contributed by atoms with Crippen LogP contribution in [0.15, 0.2) is 0 Å². The smallest absolute Gasteiger partial charge is 0.326 e. The van der Waals surface area contributed by atoms with E-state index in [0.29, 0.717) is 25.8 Å². The highest BCUT2D eigenvalue weighted by Crippen LogP contribution is 2.09. The van der Waals surface area contributed by atoms with Gasteiger partial charge in [0.15, 0.2) is 0 Å². The number of carbonyl (C=O) groups is 4. The van der Waals surface area contributed by atoms with Crippen molar-refractivity contribution in [2.45, 2.75) is 71.5 Å². The van der Waals surface area contributed by atoms with Crippen molar-refractivity contribution in [2.75, 3.05) is 13.1 Å². The van der Waals surface area contributed by atoms with Gasteiger partial charge in [-0.3, -0.25) is 14.4 Å². The van der Waals surface area contributed by atoms with Gasteiger partial charge in [0.1, 0.15) is 12.1 Å². The lowest BCUT2D eigenvalue weighted by atomic mass is 9.97. The minimum absolute atomic E-state index is 0.180. The number of aliphatic carboxylic acids is 1. The molecule has 0 aliphatic carbocycles. The second kappa shape index (κ2) is 13.9. The molecule has 0 fully saturated rings. The van der Waals surface area contributed by atoms with Crippen LogP contribution in [0.2, 0.25) is 0 Å². The minimum atomic E-state index is -1.15. The SMILES string of the molecule is CCC(C)C(NC(=O)C(N)CCCCN)C(=O)NCC(=O)NC(C(=O)O)C(C)C. The van der Waals surface area contributed by atoms with Gasteiger partial charge in [-0.15, -0.1) is 0 Å². The highest BCUT2D eigenvalue weighted by molar-refractivity contribution is 5.92. The molecule has 10 nitrogen and oxygen atoms in total. The summed E-state index contributed by atoms with van der Waals surface area (Å²) in [6.07, 6.45) is 2.57. The largest absolute Gasteiger partial charge is 0.480 e. The van der Waals surface area contributed by atoms with E-state index in [2.05, 4.69) is 16.0 Å². The number of amides is 3. The van der Waals surface area contributed by atoms with Gasteiger partial charge in [0.25, 0.3) is 0 Å². The van der Waals surface area contributed by atoms with E-state index in [1.54, 1.807) is 13.8 Å². The maximum absolute atomic E-state index is 12.5. The van der Waals surface area contributed by atoms with Gasteiger partial charge < -0.3 is 32.5 Å². The summed E-state index contributed by atoms with van der Waals surface area (Å²) in [4.78, 5) is 48.0. The number of carbonyl (C=O) groups excluding carboxylic acids is 3. The van der Waals surface area contributed by atoms with Crippen LogP contribution in [-0.4, -0.2) is 60.0 Å². The molecule has 4 atom stereocenters. The molecule has 0 radical (unpaired) electrons. The lowest BCUT2D eigenvalue weighted by molar-refractivity contribution is -0.143. The number of hydrogen-bond acceptors (Lipinski definition) is 6. The predicted octanol–water partition coefficient (Wildman–Crippen LogP) is -0.685. The minimum Gasteiger partial charge on any atom is -0.480 e. The first kappa shape index (κ1) is 26.8. The zero-order chi connectivity index (χ0) is 22.6. The molecule has 8 N–H and O–H groups in total. The van der Waals surface area contributed by atoms with Gasteiger partial charge in [-0.05, 0) is 31.2 Å². The third kappa shape index (κ3) is 10.2. The molecule has 0 spiro atoms. The quantitative estimate of drug-likeness (QED) is 0.203. The first-order chi connectivity index (χ1) is 13.5. The number of rotatable bonds is 14. The molecule has 0 saturated carbocycles. The van der Waals surface area contributed by atoms with Crippen molar-refractivity contribution in [3.8, 4) is 0 Å². The summed E-state index contributed by atoms with van der Waals surface area (Å²) < 4.78 is 0. The number of carboxylic acids is 1. The molecule has 3 amide bonds. The van der Waals surface area contributed by atoms with Gasteiger partial charge in [0.2, 0.25) is 17.7 Å². The molecule has 0 rings (SSSR count). The Morgan fingerprint density at radius 2 is 1.59 bits per heavy atom. The van der Waals surface area contributed by atoms with Gasteiger partial charge in [-0.2, -0.15) is 0 Å². The molecule has 168 valence electrons. The molecule has 0 bridgehead atoms. The molecule has 0 aromatic heterocycles. The van der Waals surface area contributed by atoms with E-state index in [9.17, 15) is 19.2 Å². The summed E-state index contributed by atoms with van der Waals surface area (Å²) >= 11 is 0. The number of hydrogen-bond donors (Lipinski definition) is 6. The summed E-state index contributed by atoms with van der Waals surface area (Å²) in [6, 6.07) is -2.64. The van der Waals surface area contributed by atoms with Gasteiger partial charge >= 0.3 is 5.97 Å². The van der Waals surface area contributed by atoms with E-state index in [4.69, 9.17) is 16.6 Å². The Morgan fingerprint density at radius 1 is 0.966 bits per heavy atom. The van der Waals surface area contributed by atoms with Crippen LogP contribution in [0.3, 0.4) is 0 Å². The van der Waals surface area contributed by atoms with E-state index < -0.39 is 41.8 Å². The zero-order valence-electron chi connectivity index (χ0n) is 17.9. The number of unbranched alkanes of at least 4 members (excludes halogenated alkanes) is 1. The fraction of sp³-hybridized carbons (Fsp3) is 0.789. The van der Waals surface area contributed by atoms with Crippen molar-refractivity contribution in [3.63, 3.8) is 0 Å². The van der Waals surface area contributed by atoms with Crippen LogP contribution in [0, 0.1) is 11.8 Å². The molecular weight excluding hydrogens is 378 g/mol. The maximum atomic E-state index is 12.5. The lowest BCUT2D eigenvalue weighted by Crippen LogP contribution is -2.55. The molecule has 0 saturated heterocycles. The first-order valence-electron chi connectivity index (χ1n) is 10.1. The Labute approximate surface area is 172 Å². The standard InChI is InChI=1S/C19H37N5O5/c1-5-12(4)16(24-17(26)13(21)8-6-7-9-20)18(27)22-10-14(25)23-15(11(2)3)19(28)29/h11-13,15-16H,5-10,20-21H2,1-4H3,(H,22,27)(H,23,25)(H,24,26)(H,28,29). The number of nitrogens with one attached hydrogen (secondary N) is 3. The van der Waals surface area contributed by atoms with Crippen molar-refractivity contribution in [2.24, 2.45) is 23.3 Å². The summed E-state index contributed by atoms with van der Waals surface area (Å²) in [5.74, 6) is -3.20. The van der Waals surface area contributed by atoms with Crippen LogP contribution < -0.4 is 27.4 Å². The molecule has 4 unspecified atom stereocenters. The van der Waals surface area contributed by atoms with Gasteiger partial charge in [0, 0.05) is 0 Å². The fourth-order valence-corrected chi connectivity index (χ4v) is 2.62. The Kier molecular flexibility index (Phi) is 12.8. The van der Waals surface area contributed by atoms with E-state index in [1.165, 1.54) is 0 Å². The number of nitrogens with two attached hydrogens (primary N) is 2. The van der Waals surface area contributed by atoms with Gasteiger partial charge in [0.05, 0.1) is 12.6 Å². The zero-order valence-corrected chi connectivity index (χ0v) is 17.9. The molecule has 0 aliphatic rings. The molecule has 0 aromatic rings. The molecule has 0 heterocycles. The summed E-state index contributed by atoms with van der Waals surface area (Å²) in [5.41, 5.74) is 11.3. The van der Waals surface area contributed by atoms with Crippen LogP contribution in [0.25, 0.3) is 0 Å². The highest BCUT2D eigenvalue weighted by Gasteiger charge is 2.29. The van der Waals surface area contributed by atoms with Crippen molar-refractivity contribution < 1.29 is 24.3 Å². The summed E-state index contributed by atoms with van der Waals surface area (Å²) in [5, 5.41) is 16.6. The third-order valence-electron chi connectivity index (χ3n) is 4.77.